The van der Waals surface area contributed by atoms with Gasteiger partial charge in [-0.05, 0) is 80.4 Å². The Balaban J connectivity index is 1.20. The zero-order valence-corrected chi connectivity index (χ0v) is 22.3. The third-order valence-corrected chi connectivity index (χ3v) is 7.89. The number of carbonyl (C=O) groups excluding carboxylic acids is 3. The third-order valence-electron chi connectivity index (χ3n) is 7.66. The number of rotatable bonds is 12. The SMILES string of the molecule is CC1(c2cccc(Cl)c2)CCN(CCCOc2cccc3c2CN(CCCCC(=O)NC=O)C3=O)CC1. The Hall–Kier alpha value is -2.90. The van der Waals surface area contributed by atoms with Crippen molar-refractivity contribution in [1.82, 2.24) is 15.1 Å². The maximum atomic E-state index is 12.8. The van der Waals surface area contributed by atoms with E-state index in [0.717, 1.165) is 55.2 Å². The molecule has 0 unspecified atom stereocenters. The van der Waals surface area contributed by atoms with Crippen molar-refractivity contribution >= 4 is 29.8 Å². The second-order valence-electron chi connectivity index (χ2n) is 10.3. The van der Waals surface area contributed by atoms with E-state index >= 15 is 0 Å². The quantitative estimate of drug-likeness (QED) is 0.324. The van der Waals surface area contributed by atoms with Gasteiger partial charge in [0.15, 0.2) is 0 Å². The summed E-state index contributed by atoms with van der Waals surface area (Å²) in [6.45, 7) is 7.16. The minimum absolute atomic E-state index is 0.00821. The zero-order valence-electron chi connectivity index (χ0n) is 21.5. The Labute approximate surface area is 224 Å². The number of benzene rings is 2. The lowest BCUT2D eigenvalue weighted by atomic mass is 9.74. The fourth-order valence-electron chi connectivity index (χ4n) is 5.30. The van der Waals surface area contributed by atoms with Crippen molar-refractivity contribution in [3.63, 3.8) is 0 Å². The molecule has 37 heavy (non-hydrogen) atoms. The maximum absolute atomic E-state index is 12.8. The molecule has 1 fully saturated rings. The Morgan fingerprint density at radius 1 is 1.11 bits per heavy atom. The molecule has 7 nitrogen and oxygen atoms in total. The number of amides is 3. The average molecular weight is 526 g/mol. The second kappa shape index (κ2) is 12.6. The molecule has 0 atom stereocenters. The number of hydrogen-bond donors (Lipinski definition) is 1. The topological polar surface area (TPSA) is 79.0 Å². The van der Waals surface area contributed by atoms with Crippen molar-refractivity contribution in [1.29, 1.82) is 0 Å². The molecule has 2 aromatic carbocycles. The fraction of sp³-hybridized carbons (Fsp3) is 0.483. The van der Waals surface area contributed by atoms with Crippen LogP contribution in [0.2, 0.25) is 5.02 Å². The van der Waals surface area contributed by atoms with Crippen molar-refractivity contribution in [2.24, 2.45) is 0 Å². The first-order valence-corrected chi connectivity index (χ1v) is 13.5. The van der Waals surface area contributed by atoms with E-state index in [1.54, 1.807) is 4.90 Å². The molecule has 0 aromatic heterocycles. The van der Waals surface area contributed by atoms with Gasteiger partial charge in [-0.15, -0.1) is 0 Å². The number of ether oxygens (including phenoxy) is 1. The van der Waals surface area contributed by atoms with E-state index in [2.05, 4.69) is 29.3 Å². The third kappa shape index (κ3) is 6.90. The van der Waals surface area contributed by atoms with Crippen molar-refractivity contribution in [3.8, 4) is 5.75 Å². The van der Waals surface area contributed by atoms with Crippen LogP contribution in [0.15, 0.2) is 42.5 Å². The summed E-state index contributed by atoms with van der Waals surface area (Å²) < 4.78 is 6.14. The first-order valence-electron chi connectivity index (χ1n) is 13.1. The summed E-state index contributed by atoms with van der Waals surface area (Å²) in [6, 6.07) is 13.9. The normalized spacial score (nSPS) is 16.9. The van der Waals surface area contributed by atoms with Crippen LogP contribution in [-0.4, -0.2) is 60.8 Å². The number of hydrogen-bond acceptors (Lipinski definition) is 5. The van der Waals surface area contributed by atoms with Gasteiger partial charge >= 0.3 is 0 Å². The molecule has 0 radical (unpaired) electrons. The first kappa shape index (κ1) is 27.1. The lowest BCUT2D eigenvalue weighted by molar-refractivity contribution is -0.125. The van der Waals surface area contributed by atoms with E-state index in [1.807, 2.05) is 30.3 Å². The Kier molecular flexibility index (Phi) is 9.22. The molecule has 0 bridgehead atoms. The number of carbonyl (C=O) groups is 3. The van der Waals surface area contributed by atoms with Crippen molar-refractivity contribution in [3.05, 3.63) is 64.2 Å². The van der Waals surface area contributed by atoms with E-state index in [9.17, 15) is 14.4 Å². The fourth-order valence-corrected chi connectivity index (χ4v) is 5.49. The molecule has 2 heterocycles. The summed E-state index contributed by atoms with van der Waals surface area (Å²) in [7, 11) is 0. The van der Waals surface area contributed by atoms with Crippen LogP contribution < -0.4 is 10.1 Å². The van der Waals surface area contributed by atoms with Crippen LogP contribution in [0.1, 0.15) is 66.9 Å². The molecule has 2 aliphatic heterocycles. The predicted octanol–water partition coefficient (Wildman–Crippen LogP) is 4.56. The number of halogens is 1. The summed E-state index contributed by atoms with van der Waals surface area (Å²) in [4.78, 5) is 38.8. The monoisotopic (exact) mass is 525 g/mol. The Bertz CT molecular complexity index is 1110. The number of imide groups is 1. The summed E-state index contributed by atoms with van der Waals surface area (Å²) in [5.74, 6) is 0.501. The van der Waals surface area contributed by atoms with E-state index in [1.165, 1.54) is 5.56 Å². The van der Waals surface area contributed by atoms with E-state index in [0.29, 0.717) is 44.5 Å². The summed E-state index contributed by atoms with van der Waals surface area (Å²) >= 11 is 6.22. The van der Waals surface area contributed by atoms with Crippen LogP contribution in [0.3, 0.4) is 0 Å². The molecule has 2 aromatic rings. The average Bonchev–Trinajstić information content (AvgIpc) is 3.22. The molecule has 8 heteroatoms. The van der Waals surface area contributed by atoms with Gasteiger partial charge in [-0.2, -0.15) is 0 Å². The molecule has 0 spiro atoms. The first-order chi connectivity index (χ1) is 17.9. The van der Waals surface area contributed by atoms with Gasteiger partial charge in [0.05, 0.1) is 13.2 Å². The highest BCUT2D eigenvalue weighted by Crippen LogP contribution is 2.36. The molecule has 0 aliphatic carbocycles. The molecule has 3 amide bonds. The van der Waals surface area contributed by atoms with E-state index in [-0.39, 0.29) is 23.7 Å². The molecule has 0 saturated carbocycles. The van der Waals surface area contributed by atoms with Crippen LogP contribution in [0.5, 0.6) is 5.75 Å². The molecule has 198 valence electrons. The molecule has 1 N–H and O–H groups in total. The number of nitrogens with zero attached hydrogens (tertiary/aromatic N) is 2. The lowest BCUT2D eigenvalue weighted by Gasteiger charge is -2.40. The van der Waals surface area contributed by atoms with Gasteiger partial charge in [-0.1, -0.05) is 36.7 Å². The minimum Gasteiger partial charge on any atom is -0.493 e. The number of likely N-dealkylation sites (tertiary alicyclic amines) is 1. The van der Waals surface area contributed by atoms with Crippen molar-refractivity contribution in [2.75, 3.05) is 32.8 Å². The highest BCUT2D eigenvalue weighted by Gasteiger charge is 2.32. The van der Waals surface area contributed by atoms with E-state index < -0.39 is 0 Å². The van der Waals surface area contributed by atoms with Gasteiger partial charge in [0, 0.05) is 35.7 Å². The van der Waals surface area contributed by atoms with Gasteiger partial charge in [0.1, 0.15) is 5.75 Å². The Morgan fingerprint density at radius 2 is 1.89 bits per heavy atom. The van der Waals surface area contributed by atoms with Gasteiger partial charge in [-0.25, -0.2) is 0 Å². The molecule has 2 aliphatic rings. The minimum atomic E-state index is -0.290. The molecule has 1 saturated heterocycles. The zero-order chi connectivity index (χ0) is 26.3. The highest BCUT2D eigenvalue weighted by atomic mass is 35.5. The molecular weight excluding hydrogens is 490 g/mol. The van der Waals surface area contributed by atoms with Crippen LogP contribution in [0.25, 0.3) is 0 Å². The molecule has 4 rings (SSSR count). The van der Waals surface area contributed by atoms with Crippen LogP contribution in [-0.2, 0) is 21.5 Å². The van der Waals surface area contributed by atoms with Gasteiger partial charge < -0.3 is 14.5 Å². The van der Waals surface area contributed by atoms with Gasteiger partial charge in [-0.3, -0.25) is 19.7 Å². The summed E-state index contributed by atoms with van der Waals surface area (Å²) in [5, 5.41) is 2.94. The second-order valence-corrected chi connectivity index (χ2v) is 10.7. The van der Waals surface area contributed by atoms with Gasteiger partial charge in [0.25, 0.3) is 5.91 Å². The molecular formula is C29H36ClN3O4. The van der Waals surface area contributed by atoms with Crippen LogP contribution in [0.4, 0.5) is 0 Å². The van der Waals surface area contributed by atoms with Crippen LogP contribution in [0, 0.1) is 0 Å². The predicted molar refractivity (Wildman–Crippen MR) is 144 cm³/mol. The standard InChI is InChI=1S/C29H36ClN3O4/c1-29(22-7-4-8-23(30)19-22)12-16-32(17-13-29)14-6-18-37-26-10-5-9-24-25(26)20-33(28(24)36)15-3-2-11-27(35)31-21-34/h4-5,7-10,19,21H,2-3,6,11-18,20H2,1H3,(H,31,34,35). The highest BCUT2D eigenvalue weighted by molar-refractivity contribution is 6.30. The smallest absolute Gasteiger partial charge is 0.254 e. The largest absolute Gasteiger partial charge is 0.493 e. The number of unbranched alkanes of at least 4 members (excludes halogenated alkanes) is 1. The number of nitrogens with one attached hydrogen (secondary N) is 1. The summed E-state index contributed by atoms with van der Waals surface area (Å²) in [5.41, 5.74) is 3.14. The Morgan fingerprint density at radius 3 is 2.65 bits per heavy atom. The summed E-state index contributed by atoms with van der Waals surface area (Å²) in [6.07, 6.45) is 5.15. The van der Waals surface area contributed by atoms with Crippen molar-refractivity contribution in [2.45, 2.75) is 57.4 Å². The number of fused-ring (bicyclic) bond motifs is 1. The van der Waals surface area contributed by atoms with Gasteiger partial charge in [0.2, 0.25) is 12.3 Å². The van der Waals surface area contributed by atoms with E-state index in [4.69, 9.17) is 16.3 Å². The lowest BCUT2D eigenvalue weighted by Crippen LogP contribution is -2.41. The maximum Gasteiger partial charge on any atom is 0.254 e. The van der Waals surface area contributed by atoms with Crippen LogP contribution >= 0.6 is 11.6 Å². The van der Waals surface area contributed by atoms with Crippen molar-refractivity contribution < 1.29 is 19.1 Å². The number of piperidine rings is 1.